The summed E-state index contributed by atoms with van der Waals surface area (Å²) < 4.78 is 0. The summed E-state index contributed by atoms with van der Waals surface area (Å²) in [6.07, 6.45) is 5.22. The Morgan fingerprint density at radius 2 is 1.53 bits per heavy atom. The van der Waals surface area contributed by atoms with Crippen LogP contribution in [0.25, 0.3) is 0 Å². The Morgan fingerprint density at radius 3 is 2.15 bits per heavy atom. The molecule has 3 aliphatic carbocycles. The summed E-state index contributed by atoms with van der Waals surface area (Å²) in [6, 6.07) is 7.81. The Bertz CT molecular complexity index is 1100. The van der Waals surface area contributed by atoms with Crippen LogP contribution >= 0.6 is 0 Å². The highest BCUT2D eigenvalue weighted by atomic mass is 16.4. The molecule has 0 radical (unpaired) electrons. The van der Waals surface area contributed by atoms with Crippen LogP contribution in [0.5, 0.6) is 0 Å². The predicted octanol–water partition coefficient (Wildman–Crippen LogP) is 5.23. The largest absolute Gasteiger partial charge is 0.481 e. The van der Waals surface area contributed by atoms with Crippen LogP contribution in [0.15, 0.2) is 58.8 Å². The van der Waals surface area contributed by atoms with E-state index in [9.17, 15) is 19.5 Å². The normalized spacial score (nSPS) is 22.6. The van der Waals surface area contributed by atoms with E-state index in [0.717, 1.165) is 43.3 Å². The van der Waals surface area contributed by atoms with Gasteiger partial charge in [0.2, 0.25) is 5.91 Å². The molecule has 0 spiro atoms. The van der Waals surface area contributed by atoms with Crippen LogP contribution in [-0.2, 0) is 19.8 Å². The molecule has 34 heavy (non-hydrogen) atoms. The summed E-state index contributed by atoms with van der Waals surface area (Å²) in [7, 11) is 0. The molecule has 2 atom stereocenters. The highest BCUT2D eigenvalue weighted by Gasteiger charge is 2.39. The minimum atomic E-state index is -0.934. The monoisotopic (exact) mass is 462 g/mol. The van der Waals surface area contributed by atoms with E-state index >= 15 is 0 Å². The number of anilines is 1. The van der Waals surface area contributed by atoms with Gasteiger partial charge in [-0.05, 0) is 71.9 Å². The number of allylic oxidation sites excluding steroid dienone is 1. The van der Waals surface area contributed by atoms with Crippen molar-refractivity contribution in [2.45, 2.75) is 71.1 Å². The molecule has 0 bridgehead atoms. The van der Waals surface area contributed by atoms with E-state index in [4.69, 9.17) is 0 Å². The summed E-state index contributed by atoms with van der Waals surface area (Å²) in [5, 5.41) is 15.5. The van der Waals surface area contributed by atoms with Crippen LogP contribution in [0, 0.1) is 11.8 Å². The molecule has 0 aliphatic heterocycles. The average Bonchev–Trinajstić information content (AvgIpc) is 3.36. The molecule has 180 valence electrons. The number of carboxylic acid groups (broad SMARTS) is 1. The first kappa shape index (κ1) is 24.0. The van der Waals surface area contributed by atoms with Gasteiger partial charge < -0.3 is 15.7 Å². The van der Waals surface area contributed by atoms with Gasteiger partial charge in [0.25, 0.3) is 5.91 Å². The lowest BCUT2D eigenvalue weighted by Crippen LogP contribution is -2.40. The molecule has 3 aliphatic rings. The second kappa shape index (κ2) is 9.24. The van der Waals surface area contributed by atoms with E-state index in [1.54, 1.807) is 0 Å². The third-order valence-electron chi connectivity index (χ3n) is 7.34. The SMILES string of the molecule is C=C1C2=C(CCC2)C(C(=O)Nc2ccc(C(C)(C)C)cc2)=C1NC(=O)C1CCCCC1C(=O)O. The zero-order chi connectivity index (χ0) is 24.6. The van der Waals surface area contributed by atoms with Crippen LogP contribution in [0.3, 0.4) is 0 Å². The molecule has 0 saturated heterocycles. The highest BCUT2D eigenvalue weighted by molar-refractivity contribution is 6.10. The molecule has 1 fully saturated rings. The van der Waals surface area contributed by atoms with Crippen LogP contribution in [0.2, 0.25) is 0 Å². The second-order valence-corrected chi connectivity index (χ2v) is 10.6. The van der Waals surface area contributed by atoms with Crippen molar-refractivity contribution in [1.82, 2.24) is 5.32 Å². The van der Waals surface area contributed by atoms with Gasteiger partial charge in [-0.25, -0.2) is 0 Å². The van der Waals surface area contributed by atoms with Crippen LogP contribution in [0.4, 0.5) is 5.69 Å². The number of aliphatic carboxylic acids is 1. The molecule has 6 heteroatoms. The minimum absolute atomic E-state index is 0.0161. The van der Waals surface area contributed by atoms with E-state index in [0.29, 0.717) is 35.4 Å². The molecule has 1 saturated carbocycles. The van der Waals surface area contributed by atoms with Crippen molar-refractivity contribution < 1.29 is 19.5 Å². The Morgan fingerprint density at radius 1 is 0.912 bits per heavy atom. The number of carbonyl (C=O) groups excluding carboxylic acids is 2. The number of benzene rings is 1. The molecule has 0 heterocycles. The Kier molecular flexibility index (Phi) is 6.52. The van der Waals surface area contributed by atoms with Crippen molar-refractivity contribution in [2.75, 3.05) is 5.32 Å². The molecular formula is C28H34N2O4. The summed E-state index contributed by atoms with van der Waals surface area (Å²) >= 11 is 0. The van der Waals surface area contributed by atoms with E-state index in [1.165, 1.54) is 5.56 Å². The first-order valence-corrected chi connectivity index (χ1v) is 12.2. The molecule has 0 aromatic heterocycles. The number of carbonyl (C=O) groups is 3. The third-order valence-corrected chi connectivity index (χ3v) is 7.34. The fraction of sp³-hybridized carbons (Fsp3) is 0.464. The molecule has 1 aromatic rings. The van der Waals surface area contributed by atoms with Crippen molar-refractivity contribution >= 4 is 23.5 Å². The molecule has 2 amide bonds. The van der Waals surface area contributed by atoms with E-state index in [1.807, 2.05) is 24.3 Å². The van der Waals surface area contributed by atoms with Crippen molar-refractivity contribution in [3.05, 3.63) is 64.4 Å². The Labute approximate surface area is 201 Å². The summed E-state index contributed by atoms with van der Waals surface area (Å²) in [5.41, 5.74) is 5.44. The zero-order valence-corrected chi connectivity index (χ0v) is 20.3. The molecule has 3 N–H and O–H groups in total. The lowest BCUT2D eigenvalue weighted by molar-refractivity contribution is -0.148. The van der Waals surface area contributed by atoms with Gasteiger partial charge in [0, 0.05) is 5.69 Å². The van der Waals surface area contributed by atoms with Gasteiger partial charge in [-0.1, -0.05) is 52.3 Å². The van der Waals surface area contributed by atoms with Crippen molar-refractivity contribution in [3.63, 3.8) is 0 Å². The average molecular weight is 463 g/mol. The molecular weight excluding hydrogens is 428 g/mol. The summed E-state index contributed by atoms with van der Waals surface area (Å²) in [5.74, 6) is -2.83. The predicted molar refractivity (Wildman–Crippen MR) is 132 cm³/mol. The van der Waals surface area contributed by atoms with Gasteiger partial charge in [-0.2, -0.15) is 0 Å². The number of rotatable bonds is 5. The Hall–Kier alpha value is -3.15. The topological polar surface area (TPSA) is 95.5 Å². The molecule has 2 unspecified atom stereocenters. The summed E-state index contributed by atoms with van der Waals surface area (Å²) in [6.45, 7) is 10.6. The first-order valence-electron chi connectivity index (χ1n) is 12.2. The lowest BCUT2D eigenvalue weighted by atomic mass is 9.78. The smallest absolute Gasteiger partial charge is 0.307 e. The van der Waals surface area contributed by atoms with Crippen LogP contribution in [0.1, 0.15) is 71.3 Å². The zero-order valence-electron chi connectivity index (χ0n) is 20.3. The van der Waals surface area contributed by atoms with Crippen molar-refractivity contribution in [3.8, 4) is 0 Å². The van der Waals surface area contributed by atoms with Crippen LogP contribution < -0.4 is 10.6 Å². The maximum atomic E-state index is 13.4. The number of amides is 2. The number of nitrogens with one attached hydrogen (secondary N) is 2. The minimum Gasteiger partial charge on any atom is -0.481 e. The maximum Gasteiger partial charge on any atom is 0.307 e. The Balaban J connectivity index is 1.59. The highest BCUT2D eigenvalue weighted by Crippen LogP contribution is 2.45. The van der Waals surface area contributed by atoms with Gasteiger partial charge in [-0.15, -0.1) is 0 Å². The van der Waals surface area contributed by atoms with Crippen molar-refractivity contribution in [2.24, 2.45) is 11.8 Å². The first-order chi connectivity index (χ1) is 16.1. The quantitative estimate of drug-likeness (QED) is 0.558. The number of carboxylic acids is 1. The van der Waals surface area contributed by atoms with Gasteiger partial charge >= 0.3 is 5.97 Å². The molecule has 4 rings (SSSR count). The summed E-state index contributed by atoms with van der Waals surface area (Å²) in [4.78, 5) is 38.3. The fourth-order valence-corrected chi connectivity index (χ4v) is 5.40. The standard InChI is InChI=1S/C28H34N2O4/c1-16-19-10-7-11-20(19)23(26(32)29-18-14-12-17(13-15-18)28(2,3)4)24(16)30-25(31)21-8-5-6-9-22(21)27(33)34/h12-15,21-22H,1,5-11H2,2-4H3,(H,29,32)(H,30,31)(H,33,34). The molecule has 6 nitrogen and oxygen atoms in total. The van der Waals surface area contributed by atoms with Crippen molar-refractivity contribution in [1.29, 1.82) is 0 Å². The third kappa shape index (κ3) is 4.59. The lowest BCUT2D eigenvalue weighted by Gasteiger charge is -2.28. The van der Waals surface area contributed by atoms with E-state index in [-0.39, 0.29) is 17.2 Å². The van der Waals surface area contributed by atoms with Gasteiger partial charge in [0.15, 0.2) is 0 Å². The van der Waals surface area contributed by atoms with Gasteiger partial charge in [0.05, 0.1) is 23.1 Å². The number of hydrogen-bond acceptors (Lipinski definition) is 3. The second-order valence-electron chi connectivity index (χ2n) is 10.6. The van der Waals surface area contributed by atoms with E-state index in [2.05, 4.69) is 38.0 Å². The van der Waals surface area contributed by atoms with E-state index < -0.39 is 17.8 Å². The van der Waals surface area contributed by atoms with Gasteiger partial charge in [-0.3, -0.25) is 14.4 Å². The van der Waals surface area contributed by atoms with Crippen LogP contribution in [-0.4, -0.2) is 22.9 Å². The number of hydrogen-bond donors (Lipinski definition) is 3. The maximum absolute atomic E-state index is 13.4. The van der Waals surface area contributed by atoms with Gasteiger partial charge in [0.1, 0.15) is 0 Å². The molecule has 1 aromatic carbocycles. The fourth-order valence-electron chi connectivity index (χ4n) is 5.40.